The van der Waals surface area contributed by atoms with Crippen LogP contribution in [0.25, 0.3) is 0 Å². The zero-order chi connectivity index (χ0) is 12.6. The molecule has 1 fully saturated rings. The van der Waals surface area contributed by atoms with Gasteiger partial charge in [0.15, 0.2) is 0 Å². The maximum atomic E-state index is 13.6. The third-order valence-corrected chi connectivity index (χ3v) is 4.10. The highest BCUT2D eigenvalue weighted by molar-refractivity contribution is 14.1. The van der Waals surface area contributed by atoms with E-state index >= 15 is 0 Å². The van der Waals surface area contributed by atoms with Crippen molar-refractivity contribution < 1.29 is 8.78 Å². The second-order valence-electron chi connectivity index (χ2n) is 6.08. The van der Waals surface area contributed by atoms with Crippen LogP contribution in [0, 0.1) is 0 Å². The molecular formula is C12H22F2IN. The van der Waals surface area contributed by atoms with Crippen molar-refractivity contribution in [1.29, 1.82) is 0 Å². The van der Waals surface area contributed by atoms with E-state index in [-0.39, 0.29) is 24.0 Å². The van der Waals surface area contributed by atoms with E-state index in [9.17, 15) is 8.78 Å². The summed E-state index contributed by atoms with van der Waals surface area (Å²) in [6.45, 7) is 7.98. The van der Waals surface area contributed by atoms with Crippen molar-refractivity contribution >= 4 is 22.6 Å². The monoisotopic (exact) mass is 345 g/mol. The van der Waals surface area contributed by atoms with Gasteiger partial charge in [0.05, 0.1) is 6.54 Å². The first-order valence-electron chi connectivity index (χ1n) is 5.82. The molecule has 0 radical (unpaired) electrons. The summed E-state index contributed by atoms with van der Waals surface area (Å²) in [5.74, 6) is -2.52. The van der Waals surface area contributed by atoms with Gasteiger partial charge in [-0.25, -0.2) is 8.78 Å². The van der Waals surface area contributed by atoms with E-state index in [1.165, 1.54) is 0 Å². The number of halogens is 3. The van der Waals surface area contributed by atoms with Gasteiger partial charge in [-0.2, -0.15) is 0 Å². The molecule has 0 aliphatic carbocycles. The predicted molar refractivity (Wildman–Crippen MR) is 72.5 cm³/mol. The van der Waals surface area contributed by atoms with Crippen LogP contribution < -0.4 is 0 Å². The van der Waals surface area contributed by atoms with Crippen LogP contribution in [0.15, 0.2) is 0 Å². The van der Waals surface area contributed by atoms with Crippen molar-refractivity contribution in [3.8, 4) is 0 Å². The number of hydrogen-bond acceptors (Lipinski definition) is 1. The van der Waals surface area contributed by atoms with Crippen molar-refractivity contribution in [2.24, 2.45) is 0 Å². The molecule has 0 N–H and O–H groups in total. The molecule has 1 unspecified atom stereocenters. The Morgan fingerprint density at radius 1 is 1.31 bits per heavy atom. The van der Waals surface area contributed by atoms with Crippen LogP contribution in [0.1, 0.15) is 47.0 Å². The van der Waals surface area contributed by atoms with Crippen LogP contribution in [0.5, 0.6) is 0 Å². The van der Waals surface area contributed by atoms with E-state index in [1.54, 1.807) is 0 Å². The second-order valence-corrected chi connectivity index (χ2v) is 7.16. The molecule has 1 aliphatic heterocycles. The van der Waals surface area contributed by atoms with E-state index in [0.29, 0.717) is 0 Å². The summed E-state index contributed by atoms with van der Waals surface area (Å²) in [7, 11) is 0. The average Bonchev–Trinajstić information content (AvgIpc) is 2.33. The predicted octanol–water partition coefficient (Wildman–Crippen LogP) is 4.10. The maximum absolute atomic E-state index is 13.6. The Morgan fingerprint density at radius 3 is 2.31 bits per heavy atom. The van der Waals surface area contributed by atoms with E-state index in [2.05, 4.69) is 22.6 Å². The van der Waals surface area contributed by atoms with Gasteiger partial charge < -0.3 is 0 Å². The fourth-order valence-electron chi connectivity index (χ4n) is 2.85. The topological polar surface area (TPSA) is 3.24 Å². The zero-order valence-corrected chi connectivity index (χ0v) is 12.8. The van der Waals surface area contributed by atoms with E-state index in [1.807, 2.05) is 32.6 Å². The van der Waals surface area contributed by atoms with Crippen molar-refractivity contribution in [3.63, 3.8) is 0 Å². The largest absolute Gasteiger partial charge is 0.287 e. The zero-order valence-electron chi connectivity index (χ0n) is 10.6. The van der Waals surface area contributed by atoms with Gasteiger partial charge >= 0.3 is 0 Å². The van der Waals surface area contributed by atoms with E-state index in [4.69, 9.17) is 0 Å². The lowest BCUT2D eigenvalue weighted by atomic mass is 9.89. The Labute approximate surface area is 111 Å². The molecule has 0 spiro atoms. The SMILES string of the molecule is CC(C)(C)N1CC(F)(F)CC1(C)CCCI. The molecule has 0 saturated carbocycles. The molecule has 1 rings (SSSR count). The number of nitrogens with zero attached hydrogens (tertiary/aromatic N) is 1. The van der Waals surface area contributed by atoms with Crippen molar-refractivity contribution in [2.75, 3.05) is 11.0 Å². The lowest BCUT2D eigenvalue weighted by molar-refractivity contribution is -0.0000357. The summed E-state index contributed by atoms with van der Waals surface area (Å²) >= 11 is 2.31. The molecule has 1 saturated heterocycles. The Balaban J connectivity index is 2.87. The van der Waals surface area contributed by atoms with Crippen LogP contribution in [-0.4, -0.2) is 32.9 Å². The summed E-state index contributed by atoms with van der Waals surface area (Å²) in [6.07, 6.45) is 1.89. The van der Waals surface area contributed by atoms with Gasteiger partial charge in [-0.1, -0.05) is 22.6 Å². The summed E-state index contributed by atoms with van der Waals surface area (Å²) in [5.41, 5.74) is -0.521. The molecule has 1 heterocycles. The minimum atomic E-state index is -2.52. The third-order valence-electron chi connectivity index (χ3n) is 3.34. The highest BCUT2D eigenvalue weighted by Crippen LogP contribution is 2.45. The maximum Gasteiger partial charge on any atom is 0.262 e. The van der Waals surface area contributed by atoms with Crippen LogP contribution in [0.3, 0.4) is 0 Å². The number of likely N-dealkylation sites (tertiary alicyclic amines) is 1. The molecule has 1 atom stereocenters. The minimum absolute atomic E-state index is 0.00785. The molecule has 0 bridgehead atoms. The summed E-state index contributed by atoms with van der Waals surface area (Å²) in [4.78, 5) is 1.99. The van der Waals surface area contributed by atoms with E-state index < -0.39 is 5.92 Å². The Hall–Kier alpha value is 0.550. The Bertz CT molecular complexity index is 250. The summed E-state index contributed by atoms with van der Waals surface area (Å²) in [6, 6.07) is 0. The van der Waals surface area contributed by atoms with Crippen LogP contribution >= 0.6 is 22.6 Å². The normalized spacial score (nSPS) is 30.9. The van der Waals surface area contributed by atoms with Gasteiger partial charge in [0.25, 0.3) is 5.92 Å². The van der Waals surface area contributed by atoms with Gasteiger partial charge in [-0.15, -0.1) is 0 Å². The van der Waals surface area contributed by atoms with Crippen LogP contribution in [-0.2, 0) is 0 Å². The molecule has 0 amide bonds. The van der Waals surface area contributed by atoms with Crippen molar-refractivity contribution in [1.82, 2.24) is 4.90 Å². The van der Waals surface area contributed by atoms with Gasteiger partial charge in [-0.3, -0.25) is 4.90 Å². The first-order chi connectivity index (χ1) is 7.11. The number of hydrogen-bond donors (Lipinski definition) is 0. The molecular weight excluding hydrogens is 323 g/mol. The molecule has 1 aliphatic rings. The fraction of sp³-hybridized carbons (Fsp3) is 1.00. The van der Waals surface area contributed by atoms with Gasteiger partial charge in [0.2, 0.25) is 0 Å². The van der Waals surface area contributed by atoms with Crippen LogP contribution in [0.2, 0.25) is 0 Å². The smallest absolute Gasteiger partial charge is 0.262 e. The molecule has 96 valence electrons. The minimum Gasteiger partial charge on any atom is -0.287 e. The molecule has 0 aromatic heterocycles. The fourth-order valence-corrected chi connectivity index (χ4v) is 3.23. The standard InChI is InChI=1S/C12H22F2IN/c1-10(2,3)16-9-12(13,14)8-11(16,4)6-5-7-15/h5-9H2,1-4H3. The lowest BCUT2D eigenvalue weighted by Gasteiger charge is -2.43. The number of rotatable bonds is 3. The quantitative estimate of drug-likeness (QED) is 0.550. The van der Waals surface area contributed by atoms with Crippen molar-refractivity contribution in [2.45, 2.75) is 64.0 Å². The summed E-state index contributed by atoms with van der Waals surface area (Å²) < 4.78 is 28.2. The van der Waals surface area contributed by atoms with E-state index in [0.717, 1.165) is 17.3 Å². The highest BCUT2D eigenvalue weighted by Gasteiger charge is 2.54. The first-order valence-corrected chi connectivity index (χ1v) is 7.35. The average molecular weight is 345 g/mol. The van der Waals surface area contributed by atoms with Gasteiger partial charge in [0.1, 0.15) is 0 Å². The lowest BCUT2D eigenvalue weighted by Crippen LogP contribution is -2.51. The molecule has 0 aromatic carbocycles. The highest BCUT2D eigenvalue weighted by atomic mass is 127. The molecule has 0 aromatic rings. The van der Waals surface area contributed by atoms with Gasteiger partial charge in [0, 0.05) is 17.5 Å². The van der Waals surface area contributed by atoms with Crippen molar-refractivity contribution in [3.05, 3.63) is 0 Å². The number of alkyl halides is 3. The van der Waals surface area contributed by atoms with Gasteiger partial charge in [-0.05, 0) is 45.0 Å². The Kier molecular flexibility index (Phi) is 4.26. The first kappa shape index (κ1) is 14.6. The molecule has 4 heteroatoms. The second kappa shape index (κ2) is 4.67. The third kappa shape index (κ3) is 3.28. The molecule has 1 nitrogen and oxygen atoms in total. The van der Waals surface area contributed by atoms with Crippen LogP contribution in [0.4, 0.5) is 8.78 Å². The Morgan fingerprint density at radius 2 is 1.88 bits per heavy atom. The molecule has 16 heavy (non-hydrogen) atoms. The summed E-state index contributed by atoms with van der Waals surface area (Å²) in [5, 5.41) is 0.